The molecular formula is C16H14N+. The lowest BCUT2D eigenvalue weighted by molar-refractivity contribution is -0.500. The lowest BCUT2D eigenvalue weighted by Gasteiger charge is -2.03. The minimum atomic E-state index is 1.22. The number of hydrogen-bond acceptors (Lipinski definition) is 0. The topological polar surface area (TPSA) is 4.10 Å². The van der Waals surface area contributed by atoms with Crippen molar-refractivity contribution in [3.63, 3.8) is 0 Å². The zero-order valence-electron chi connectivity index (χ0n) is 9.80. The maximum Gasteiger partial charge on any atom is 0.221 e. The fourth-order valence-corrected chi connectivity index (χ4v) is 2.24. The minimum Gasteiger partial charge on any atom is -0.160 e. The van der Waals surface area contributed by atoms with Crippen LogP contribution in [0.15, 0.2) is 66.9 Å². The van der Waals surface area contributed by atoms with E-state index >= 15 is 0 Å². The maximum atomic E-state index is 2.24. The summed E-state index contributed by atoms with van der Waals surface area (Å²) in [5.41, 5.74) is 5.03. The fraction of sp³-hybridized carbons (Fsp3) is 0.0625. The van der Waals surface area contributed by atoms with Gasteiger partial charge in [0.2, 0.25) is 11.2 Å². The van der Waals surface area contributed by atoms with Crippen LogP contribution in [-0.2, 0) is 0 Å². The van der Waals surface area contributed by atoms with Crippen molar-refractivity contribution < 1.29 is 4.40 Å². The Morgan fingerprint density at radius 1 is 0.765 bits per heavy atom. The highest BCUT2D eigenvalue weighted by Crippen LogP contribution is 2.19. The van der Waals surface area contributed by atoms with Crippen molar-refractivity contribution in [3.05, 3.63) is 72.4 Å². The molecule has 0 spiro atoms. The molecule has 0 aliphatic heterocycles. The second-order valence-electron chi connectivity index (χ2n) is 4.23. The van der Waals surface area contributed by atoms with Gasteiger partial charge in [-0.25, -0.2) is 0 Å². The Morgan fingerprint density at radius 3 is 2.35 bits per heavy atom. The van der Waals surface area contributed by atoms with Crippen molar-refractivity contribution in [1.82, 2.24) is 0 Å². The van der Waals surface area contributed by atoms with Gasteiger partial charge in [0, 0.05) is 29.3 Å². The molecule has 0 N–H and O–H groups in total. The van der Waals surface area contributed by atoms with E-state index in [4.69, 9.17) is 0 Å². The molecular weight excluding hydrogens is 206 g/mol. The zero-order valence-corrected chi connectivity index (χ0v) is 9.80. The van der Waals surface area contributed by atoms with Crippen molar-refractivity contribution in [2.45, 2.75) is 6.92 Å². The highest BCUT2D eigenvalue weighted by Gasteiger charge is 2.14. The molecule has 17 heavy (non-hydrogen) atoms. The molecule has 3 rings (SSSR count). The minimum absolute atomic E-state index is 1.22. The largest absolute Gasteiger partial charge is 0.221 e. The van der Waals surface area contributed by atoms with Gasteiger partial charge in [-0.05, 0) is 31.2 Å². The molecule has 0 aliphatic carbocycles. The summed E-state index contributed by atoms with van der Waals surface area (Å²) in [6.07, 6.45) is 2.12. The second-order valence-corrected chi connectivity index (χ2v) is 4.23. The smallest absolute Gasteiger partial charge is 0.160 e. The Morgan fingerprint density at radius 2 is 1.53 bits per heavy atom. The molecule has 3 aromatic rings. The Kier molecular flexibility index (Phi) is 2.37. The lowest BCUT2D eigenvalue weighted by Crippen LogP contribution is -2.25. The summed E-state index contributed by atoms with van der Waals surface area (Å²) < 4.78 is 2.24. The van der Waals surface area contributed by atoms with Gasteiger partial charge in [0.05, 0.1) is 0 Å². The van der Waals surface area contributed by atoms with Gasteiger partial charge < -0.3 is 0 Å². The second kappa shape index (κ2) is 4.02. The average molecular weight is 220 g/mol. The van der Waals surface area contributed by atoms with Crippen LogP contribution in [-0.4, -0.2) is 0 Å². The van der Waals surface area contributed by atoms with Crippen LogP contribution >= 0.6 is 0 Å². The first kappa shape index (κ1) is 10.0. The van der Waals surface area contributed by atoms with Crippen LogP contribution in [0.3, 0.4) is 0 Å². The third-order valence-electron chi connectivity index (χ3n) is 3.06. The maximum absolute atomic E-state index is 2.24. The summed E-state index contributed by atoms with van der Waals surface area (Å²) in [5, 5.41) is 0. The summed E-state index contributed by atoms with van der Waals surface area (Å²) >= 11 is 0. The van der Waals surface area contributed by atoms with Gasteiger partial charge in [0.25, 0.3) is 0 Å². The van der Waals surface area contributed by atoms with E-state index < -0.39 is 0 Å². The van der Waals surface area contributed by atoms with Crippen molar-refractivity contribution in [2.75, 3.05) is 0 Å². The third-order valence-corrected chi connectivity index (χ3v) is 3.06. The van der Waals surface area contributed by atoms with E-state index in [1.165, 1.54) is 22.3 Å². The van der Waals surface area contributed by atoms with Gasteiger partial charge >= 0.3 is 0 Å². The van der Waals surface area contributed by atoms with Gasteiger partial charge in [-0.2, -0.15) is 4.40 Å². The summed E-state index contributed by atoms with van der Waals surface area (Å²) in [5.74, 6) is 0. The summed E-state index contributed by atoms with van der Waals surface area (Å²) in [6, 6.07) is 21.1. The lowest BCUT2D eigenvalue weighted by atomic mass is 10.1. The van der Waals surface area contributed by atoms with E-state index in [2.05, 4.69) is 78.2 Å². The molecule has 0 aliphatic rings. The number of fused-ring (bicyclic) bond motifs is 1. The number of rotatable bonds is 1. The summed E-state index contributed by atoms with van der Waals surface area (Å²) in [7, 11) is 0. The number of pyridine rings is 2. The van der Waals surface area contributed by atoms with Crippen molar-refractivity contribution in [1.29, 1.82) is 0 Å². The zero-order chi connectivity index (χ0) is 11.7. The van der Waals surface area contributed by atoms with Crippen LogP contribution in [0, 0.1) is 6.92 Å². The van der Waals surface area contributed by atoms with E-state index in [0.717, 1.165) is 0 Å². The van der Waals surface area contributed by atoms with E-state index in [0.29, 0.717) is 0 Å². The van der Waals surface area contributed by atoms with E-state index in [-0.39, 0.29) is 0 Å². The molecule has 0 bridgehead atoms. The molecule has 0 radical (unpaired) electrons. The average Bonchev–Trinajstić information content (AvgIpc) is 2.39. The van der Waals surface area contributed by atoms with Crippen LogP contribution in [0.4, 0.5) is 0 Å². The predicted octanol–water partition coefficient (Wildman–Crippen LogP) is 3.40. The van der Waals surface area contributed by atoms with Crippen LogP contribution in [0.25, 0.3) is 16.8 Å². The van der Waals surface area contributed by atoms with Gasteiger partial charge in [-0.1, -0.05) is 18.2 Å². The van der Waals surface area contributed by atoms with Crippen LogP contribution < -0.4 is 4.40 Å². The molecule has 82 valence electrons. The first-order valence-corrected chi connectivity index (χ1v) is 5.82. The molecule has 0 saturated carbocycles. The number of aromatic nitrogens is 1. The molecule has 1 nitrogen and oxygen atoms in total. The quantitative estimate of drug-likeness (QED) is 0.553. The normalized spacial score (nSPS) is 10.6. The molecule has 2 heterocycles. The van der Waals surface area contributed by atoms with Gasteiger partial charge in [0.1, 0.15) is 0 Å². The molecule has 0 saturated heterocycles. The highest BCUT2D eigenvalue weighted by molar-refractivity contribution is 5.61. The Hall–Kier alpha value is -2.15. The third kappa shape index (κ3) is 1.70. The van der Waals surface area contributed by atoms with E-state index in [1.54, 1.807) is 0 Å². The highest BCUT2D eigenvalue weighted by atomic mass is 14.9. The Bertz CT molecular complexity index is 657. The molecule has 0 fully saturated rings. The molecule has 0 atom stereocenters. The van der Waals surface area contributed by atoms with Gasteiger partial charge in [-0.3, -0.25) is 0 Å². The standard InChI is InChI=1S/C16H14N/c1-13-10-11-15-9-5-6-12-17(15)16(13)14-7-3-2-4-8-14/h2-12H,1H3/q+1. The Balaban J connectivity index is 2.39. The van der Waals surface area contributed by atoms with Crippen LogP contribution in [0.1, 0.15) is 5.56 Å². The first-order chi connectivity index (χ1) is 8.36. The van der Waals surface area contributed by atoms with E-state index in [1.807, 2.05) is 0 Å². The molecule has 0 unspecified atom stereocenters. The monoisotopic (exact) mass is 220 g/mol. The summed E-state index contributed by atoms with van der Waals surface area (Å²) in [6.45, 7) is 2.15. The number of aryl methyl sites for hydroxylation is 1. The predicted molar refractivity (Wildman–Crippen MR) is 69.8 cm³/mol. The van der Waals surface area contributed by atoms with Crippen molar-refractivity contribution in [2.24, 2.45) is 0 Å². The fourth-order valence-electron chi connectivity index (χ4n) is 2.24. The van der Waals surface area contributed by atoms with Crippen LogP contribution in [0.2, 0.25) is 0 Å². The number of nitrogens with zero attached hydrogens (tertiary/aromatic N) is 1. The molecule has 0 amide bonds. The molecule has 2 aromatic heterocycles. The Labute approximate surface area is 101 Å². The van der Waals surface area contributed by atoms with E-state index in [9.17, 15) is 0 Å². The van der Waals surface area contributed by atoms with Crippen LogP contribution in [0.5, 0.6) is 0 Å². The van der Waals surface area contributed by atoms with Crippen molar-refractivity contribution >= 4 is 5.52 Å². The van der Waals surface area contributed by atoms with Gasteiger partial charge in [0.15, 0.2) is 6.20 Å². The molecule has 1 heteroatoms. The first-order valence-electron chi connectivity index (χ1n) is 5.82. The summed E-state index contributed by atoms with van der Waals surface area (Å²) in [4.78, 5) is 0. The van der Waals surface area contributed by atoms with Gasteiger partial charge in [-0.15, -0.1) is 0 Å². The SMILES string of the molecule is Cc1ccc2cccc[n+]2c1-c1ccccc1. The van der Waals surface area contributed by atoms with Crippen molar-refractivity contribution in [3.8, 4) is 11.3 Å². The number of benzene rings is 1. The number of hydrogen-bond donors (Lipinski definition) is 0. The molecule has 1 aromatic carbocycles.